The number of carbonyl (C=O) groups excluding carboxylic acids is 1. The molecule has 4 rings (SSSR count). The molecule has 0 saturated heterocycles. The van der Waals surface area contributed by atoms with Crippen LogP contribution in [0.3, 0.4) is 0 Å². The Morgan fingerprint density at radius 2 is 1.53 bits per heavy atom. The van der Waals surface area contributed by atoms with E-state index in [-0.39, 0.29) is 5.69 Å². The Balaban J connectivity index is 1.34. The normalized spacial score (nSPS) is 11.1. The number of hydrogen-bond acceptors (Lipinski definition) is 3. The SMILES string of the molecule is O=C(Nc1ccc(Oc2ccc(-c3ncc[nH]3)cc2)cc1)Nc1cccc(C(F)(F)F)c1. The van der Waals surface area contributed by atoms with Gasteiger partial charge in [0.15, 0.2) is 0 Å². The summed E-state index contributed by atoms with van der Waals surface area (Å²) < 4.78 is 44.1. The maximum absolute atomic E-state index is 12.8. The third kappa shape index (κ3) is 5.25. The molecule has 0 bridgehead atoms. The number of ether oxygens (including phenoxy) is 1. The van der Waals surface area contributed by atoms with Gasteiger partial charge in [-0.1, -0.05) is 6.07 Å². The molecule has 0 unspecified atom stereocenters. The van der Waals surface area contributed by atoms with Gasteiger partial charge in [0.1, 0.15) is 17.3 Å². The number of carbonyl (C=O) groups is 1. The molecule has 4 aromatic rings. The highest BCUT2D eigenvalue weighted by atomic mass is 19.4. The largest absolute Gasteiger partial charge is 0.457 e. The van der Waals surface area contributed by atoms with Crippen LogP contribution < -0.4 is 15.4 Å². The van der Waals surface area contributed by atoms with Crippen LogP contribution in [0.15, 0.2) is 85.2 Å². The van der Waals surface area contributed by atoms with Crippen molar-refractivity contribution >= 4 is 17.4 Å². The minimum absolute atomic E-state index is 0.0373. The van der Waals surface area contributed by atoms with Crippen LogP contribution in [0.5, 0.6) is 11.5 Å². The number of rotatable bonds is 5. The van der Waals surface area contributed by atoms with E-state index in [4.69, 9.17) is 4.74 Å². The van der Waals surface area contributed by atoms with E-state index in [1.807, 2.05) is 24.3 Å². The Bertz CT molecular complexity index is 1190. The number of alkyl halides is 3. The van der Waals surface area contributed by atoms with Gasteiger partial charge in [0, 0.05) is 29.3 Å². The minimum Gasteiger partial charge on any atom is -0.457 e. The van der Waals surface area contributed by atoms with Crippen molar-refractivity contribution in [3.8, 4) is 22.9 Å². The maximum atomic E-state index is 12.8. The highest BCUT2D eigenvalue weighted by Gasteiger charge is 2.30. The summed E-state index contributed by atoms with van der Waals surface area (Å²) in [5, 5.41) is 4.95. The van der Waals surface area contributed by atoms with Crippen molar-refractivity contribution in [1.29, 1.82) is 0 Å². The number of halogens is 3. The molecule has 1 heterocycles. The van der Waals surface area contributed by atoms with Gasteiger partial charge in [0.2, 0.25) is 0 Å². The van der Waals surface area contributed by atoms with Crippen LogP contribution in [-0.2, 0) is 6.18 Å². The number of H-pyrrole nitrogens is 1. The number of aromatic nitrogens is 2. The monoisotopic (exact) mass is 438 g/mol. The van der Waals surface area contributed by atoms with Gasteiger partial charge in [0.25, 0.3) is 0 Å². The average molecular weight is 438 g/mol. The maximum Gasteiger partial charge on any atom is 0.416 e. The second kappa shape index (κ2) is 8.84. The Kier molecular flexibility index (Phi) is 5.80. The lowest BCUT2D eigenvalue weighted by atomic mass is 10.2. The number of benzene rings is 3. The number of hydrogen-bond donors (Lipinski definition) is 3. The minimum atomic E-state index is -4.48. The van der Waals surface area contributed by atoms with E-state index in [1.54, 1.807) is 36.7 Å². The molecule has 0 spiro atoms. The van der Waals surface area contributed by atoms with Crippen molar-refractivity contribution in [2.45, 2.75) is 6.18 Å². The molecule has 0 atom stereocenters. The van der Waals surface area contributed by atoms with Crippen LogP contribution >= 0.6 is 0 Å². The van der Waals surface area contributed by atoms with E-state index in [0.717, 1.165) is 23.5 Å². The summed E-state index contributed by atoms with van der Waals surface area (Å²) in [5.41, 5.74) is 0.577. The number of aromatic amines is 1. The van der Waals surface area contributed by atoms with Crippen molar-refractivity contribution in [3.05, 3.63) is 90.8 Å². The summed E-state index contributed by atoms with van der Waals surface area (Å²) >= 11 is 0. The van der Waals surface area contributed by atoms with Gasteiger partial charge in [0.05, 0.1) is 5.56 Å². The number of amides is 2. The number of nitrogens with one attached hydrogen (secondary N) is 3. The molecule has 162 valence electrons. The van der Waals surface area contributed by atoms with Crippen LogP contribution in [-0.4, -0.2) is 16.0 Å². The summed E-state index contributed by atoms with van der Waals surface area (Å²) in [7, 11) is 0. The molecular formula is C23H17F3N4O2. The van der Waals surface area contributed by atoms with Crippen LogP contribution in [0.1, 0.15) is 5.56 Å². The first-order valence-corrected chi connectivity index (χ1v) is 9.50. The molecule has 1 aromatic heterocycles. The highest BCUT2D eigenvalue weighted by molar-refractivity contribution is 5.99. The summed E-state index contributed by atoms with van der Waals surface area (Å²) in [5.74, 6) is 1.94. The zero-order valence-electron chi connectivity index (χ0n) is 16.5. The predicted octanol–water partition coefficient (Wildman–Crippen LogP) is 6.53. The van der Waals surface area contributed by atoms with Crippen molar-refractivity contribution < 1.29 is 22.7 Å². The zero-order valence-corrected chi connectivity index (χ0v) is 16.5. The lowest BCUT2D eigenvalue weighted by Gasteiger charge is -2.11. The number of imidazole rings is 1. The molecule has 2 amide bonds. The second-order valence-corrected chi connectivity index (χ2v) is 6.75. The van der Waals surface area contributed by atoms with Crippen LogP contribution in [0, 0.1) is 0 Å². The molecule has 0 radical (unpaired) electrons. The molecule has 0 aliphatic heterocycles. The van der Waals surface area contributed by atoms with Gasteiger partial charge in [-0.15, -0.1) is 0 Å². The molecule has 32 heavy (non-hydrogen) atoms. The summed E-state index contributed by atoms with van der Waals surface area (Å²) in [6, 6.07) is 17.7. The molecule has 0 aliphatic carbocycles. The Morgan fingerprint density at radius 1 is 0.875 bits per heavy atom. The van der Waals surface area contributed by atoms with Crippen LogP contribution in [0.25, 0.3) is 11.4 Å². The first kappa shape index (κ1) is 21.0. The molecule has 9 heteroatoms. The molecule has 3 N–H and O–H groups in total. The van der Waals surface area contributed by atoms with Crippen LogP contribution in [0.2, 0.25) is 0 Å². The summed E-state index contributed by atoms with van der Waals surface area (Å²) in [4.78, 5) is 19.3. The fraction of sp³-hybridized carbons (Fsp3) is 0.0435. The summed E-state index contributed by atoms with van der Waals surface area (Å²) in [6.07, 6.45) is -1.06. The lowest BCUT2D eigenvalue weighted by Crippen LogP contribution is -2.19. The number of urea groups is 1. The Morgan fingerprint density at radius 3 is 2.16 bits per heavy atom. The first-order chi connectivity index (χ1) is 15.4. The molecule has 0 fully saturated rings. The van der Waals surface area contributed by atoms with Crippen molar-refractivity contribution in [1.82, 2.24) is 9.97 Å². The van der Waals surface area contributed by atoms with E-state index in [1.165, 1.54) is 12.1 Å². The predicted molar refractivity (Wildman–Crippen MR) is 115 cm³/mol. The quantitative estimate of drug-likeness (QED) is 0.331. The Labute approximate surface area is 181 Å². The van der Waals surface area contributed by atoms with E-state index in [0.29, 0.717) is 17.2 Å². The van der Waals surface area contributed by atoms with Gasteiger partial charge in [-0.3, -0.25) is 0 Å². The molecular weight excluding hydrogens is 421 g/mol. The third-order valence-electron chi connectivity index (χ3n) is 4.42. The van der Waals surface area contributed by atoms with Gasteiger partial charge in [-0.05, 0) is 66.7 Å². The highest BCUT2D eigenvalue weighted by Crippen LogP contribution is 2.31. The van der Waals surface area contributed by atoms with E-state index < -0.39 is 17.8 Å². The molecule has 0 saturated carbocycles. The van der Waals surface area contributed by atoms with E-state index in [9.17, 15) is 18.0 Å². The lowest BCUT2D eigenvalue weighted by molar-refractivity contribution is -0.137. The van der Waals surface area contributed by atoms with Crippen LogP contribution in [0.4, 0.5) is 29.3 Å². The molecule has 0 aliphatic rings. The van der Waals surface area contributed by atoms with Gasteiger partial charge in [-0.25, -0.2) is 9.78 Å². The number of anilines is 2. The van der Waals surface area contributed by atoms with E-state index >= 15 is 0 Å². The van der Waals surface area contributed by atoms with Crippen molar-refractivity contribution in [2.75, 3.05) is 10.6 Å². The topological polar surface area (TPSA) is 79.0 Å². The standard InChI is InChI=1S/C23H17F3N4O2/c24-23(25,26)16-2-1-3-18(14-16)30-22(31)29-17-6-10-20(11-7-17)32-19-8-4-15(5-9-19)21-27-12-13-28-21/h1-14H,(H,27,28)(H2,29,30,31). The van der Waals surface area contributed by atoms with Gasteiger partial charge >= 0.3 is 12.2 Å². The third-order valence-corrected chi connectivity index (χ3v) is 4.42. The number of nitrogens with zero attached hydrogens (tertiary/aromatic N) is 1. The smallest absolute Gasteiger partial charge is 0.416 e. The second-order valence-electron chi connectivity index (χ2n) is 6.75. The zero-order chi connectivity index (χ0) is 22.6. The fourth-order valence-electron chi connectivity index (χ4n) is 2.91. The fourth-order valence-corrected chi connectivity index (χ4v) is 2.91. The van der Waals surface area contributed by atoms with Crippen molar-refractivity contribution in [3.63, 3.8) is 0 Å². The Hall–Kier alpha value is -4.27. The summed E-state index contributed by atoms with van der Waals surface area (Å²) in [6.45, 7) is 0. The van der Waals surface area contributed by atoms with Crippen molar-refractivity contribution in [2.24, 2.45) is 0 Å². The molecule has 6 nitrogen and oxygen atoms in total. The van der Waals surface area contributed by atoms with Gasteiger partial charge in [-0.2, -0.15) is 13.2 Å². The van der Waals surface area contributed by atoms with Gasteiger partial charge < -0.3 is 20.4 Å². The molecule has 3 aromatic carbocycles. The average Bonchev–Trinajstić information content (AvgIpc) is 3.30. The van der Waals surface area contributed by atoms with E-state index in [2.05, 4.69) is 20.6 Å². The first-order valence-electron chi connectivity index (χ1n) is 9.50.